The topological polar surface area (TPSA) is 239 Å². The molecule has 25 heavy (non-hydrogen) atoms. The molecule has 8 N–H and O–H groups in total. The third kappa shape index (κ3) is 9.09. The Balaban J connectivity index is 4.36. The molecule has 13 heteroatoms. The number of hydrogen-bond acceptors (Lipinski definition) is 11. The number of carboxylic acids is 2. The predicted octanol–water partition coefficient (Wildman–Crippen LogP) is -3.55. The molecule has 0 spiro atoms. The highest BCUT2D eigenvalue weighted by Crippen LogP contribution is 2.01. The van der Waals surface area contributed by atoms with Gasteiger partial charge in [-0.2, -0.15) is 0 Å². The number of carbonyl (C=O) groups is 6. The van der Waals surface area contributed by atoms with Crippen molar-refractivity contribution in [3.63, 3.8) is 0 Å². The number of esters is 4. The van der Waals surface area contributed by atoms with Crippen molar-refractivity contribution in [2.75, 3.05) is 0 Å². The largest absolute Gasteiger partial charge is 0.480 e. The van der Waals surface area contributed by atoms with Crippen molar-refractivity contribution in [2.45, 2.75) is 37.4 Å². The number of carboxylic acid groups (broad SMARTS) is 2. The second-order valence-corrected chi connectivity index (χ2v) is 4.75. The standard InChI is InChI=1S/C12H17N3O10/c13-4(10(19)20)1-7(16)24-8(17)3-6(15)12(23)25-9(18)2-5(14)11(21)22/h4-6H,1-3,13-15H2,(H,19,20)(H,21,22)/t4-,5-,6?/m0/s1. The Labute approximate surface area is 140 Å². The zero-order valence-electron chi connectivity index (χ0n) is 12.7. The molecule has 0 bridgehead atoms. The number of ether oxygens (including phenoxy) is 2. The summed E-state index contributed by atoms with van der Waals surface area (Å²) in [6.07, 6.45) is -2.44. The van der Waals surface area contributed by atoms with E-state index in [0.29, 0.717) is 0 Å². The molecule has 0 saturated heterocycles. The van der Waals surface area contributed by atoms with E-state index in [-0.39, 0.29) is 0 Å². The van der Waals surface area contributed by atoms with E-state index in [1.54, 1.807) is 0 Å². The first-order chi connectivity index (χ1) is 11.4. The minimum Gasteiger partial charge on any atom is -0.480 e. The lowest BCUT2D eigenvalue weighted by Crippen LogP contribution is -2.39. The van der Waals surface area contributed by atoms with Crippen LogP contribution in [0.15, 0.2) is 0 Å². The van der Waals surface area contributed by atoms with Gasteiger partial charge < -0.3 is 36.9 Å². The summed E-state index contributed by atoms with van der Waals surface area (Å²) in [5.74, 6) is -8.13. The molecule has 140 valence electrons. The third-order valence-corrected chi connectivity index (χ3v) is 2.54. The first-order valence-electron chi connectivity index (χ1n) is 6.64. The molecule has 0 saturated carbocycles. The number of nitrogens with two attached hydrogens (primary N) is 3. The third-order valence-electron chi connectivity index (χ3n) is 2.54. The van der Waals surface area contributed by atoms with Crippen LogP contribution in [0, 0.1) is 0 Å². The van der Waals surface area contributed by atoms with Crippen molar-refractivity contribution in [1.82, 2.24) is 0 Å². The van der Waals surface area contributed by atoms with Crippen molar-refractivity contribution in [1.29, 1.82) is 0 Å². The minimum atomic E-state index is -1.68. The van der Waals surface area contributed by atoms with E-state index in [9.17, 15) is 28.8 Å². The Morgan fingerprint density at radius 1 is 0.640 bits per heavy atom. The molecule has 0 heterocycles. The van der Waals surface area contributed by atoms with Gasteiger partial charge in [-0.05, 0) is 0 Å². The maximum Gasteiger partial charge on any atom is 0.331 e. The van der Waals surface area contributed by atoms with E-state index in [0.717, 1.165) is 0 Å². The van der Waals surface area contributed by atoms with Gasteiger partial charge in [0.25, 0.3) is 0 Å². The molecule has 0 aliphatic carbocycles. The van der Waals surface area contributed by atoms with E-state index in [1.807, 2.05) is 0 Å². The van der Waals surface area contributed by atoms with E-state index in [2.05, 4.69) is 9.47 Å². The number of aliphatic carboxylic acids is 2. The predicted molar refractivity (Wildman–Crippen MR) is 75.2 cm³/mol. The molecule has 0 aromatic heterocycles. The van der Waals surface area contributed by atoms with Gasteiger partial charge in [0.05, 0.1) is 19.3 Å². The van der Waals surface area contributed by atoms with Crippen LogP contribution in [0.1, 0.15) is 19.3 Å². The van der Waals surface area contributed by atoms with E-state index in [4.69, 9.17) is 27.4 Å². The lowest BCUT2D eigenvalue weighted by Gasteiger charge is -2.11. The fourth-order valence-electron chi connectivity index (χ4n) is 1.24. The van der Waals surface area contributed by atoms with Crippen LogP contribution in [0.2, 0.25) is 0 Å². The highest BCUT2D eigenvalue weighted by atomic mass is 16.6. The summed E-state index contributed by atoms with van der Waals surface area (Å²) in [6.45, 7) is 0. The highest BCUT2D eigenvalue weighted by molar-refractivity contribution is 5.94. The molecule has 0 aliphatic heterocycles. The van der Waals surface area contributed by atoms with Crippen LogP contribution >= 0.6 is 0 Å². The molecule has 0 aromatic carbocycles. The maximum absolute atomic E-state index is 11.4. The SMILES string of the molecule is NC(CC(=O)OC(=O)C[C@H](N)C(=O)O)C(=O)OC(=O)C[C@H](N)C(=O)O. The zero-order chi connectivity index (χ0) is 19.7. The Bertz CT molecular complexity index is 575. The van der Waals surface area contributed by atoms with E-state index < -0.39 is 73.2 Å². The van der Waals surface area contributed by atoms with Gasteiger partial charge in [-0.25, -0.2) is 4.79 Å². The molecule has 1 unspecified atom stereocenters. The maximum atomic E-state index is 11.4. The summed E-state index contributed by atoms with van der Waals surface area (Å²) in [6, 6.07) is -4.84. The quantitative estimate of drug-likeness (QED) is 0.197. The fraction of sp³-hybridized carbons (Fsp3) is 0.500. The molecule has 0 aliphatic rings. The van der Waals surface area contributed by atoms with E-state index >= 15 is 0 Å². The zero-order valence-corrected chi connectivity index (χ0v) is 12.7. The second-order valence-electron chi connectivity index (χ2n) is 4.75. The normalized spacial score (nSPS) is 13.9. The average Bonchev–Trinajstić information content (AvgIpc) is 2.45. The Hall–Kier alpha value is -2.90. The highest BCUT2D eigenvalue weighted by Gasteiger charge is 2.26. The molecule has 13 nitrogen and oxygen atoms in total. The summed E-state index contributed by atoms with van der Waals surface area (Å²) >= 11 is 0. The summed E-state index contributed by atoms with van der Waals surface area (Å²) in [5, 5.41) is 17.0. The van der Waals surface area contributed by atoms with Crippen LogP contribution in [0.5, 0.6) is 0 Å². The Kier molecular flexibility index (Phi) is 8.90. The molecule has 0 rings (SSSR count). The van der Waals surface area contributed by atoms with Crippen LogP contribution in [-0.4, -0.2) is 64.2 Å². The van der Waals surface area contributed by atoms with Gasteiger partial charge in [0, 0.05) is 0 Å². The molecule has 0 amide bonds. The minimum absolute atomic E-state index is 0.785. The van der Waals surface area contributed by atoms with Gasteiger partial charge in [-0.15, -0.1) is 0 Å². The summed E-state index contributed by atoms with van der Waals surface area (Å²) < 4.78 is 8.40. The monoisotopic (exact) mass is 363 g/mol. The van der Waals surface area contributed by atoms with Crippen molar-refractivity contribution < 1.29 is 48.5 Å². The van der Waals surface area contributed by atoms with Crippen LogP contribution in [0.4, 0.5) is 0 Å². The van der Waals surface area contributed by atoms with E-state index in [1.165, 1.54) is 0 Å². The molecular formula is C12H17N3O10. The van der Waals surface area contributed by atoms with Gasteiger partial charge in [0.2, 0.25) is 0 Å². The second kappa shape index (κ2) is 10.1. The Morgan fingerprint density at radius 2 is 0.960 bits per heavy atom. The summed E-state index contributed by atoms with van der Waals surface area (Å²) in [5.41, 5.74) is 15.4. The van der Waals surface area contributed by atoms with Crippen molar-refractivity contribution >= 4 is 35.8 Å². The first kappa shape index (κ1) is 22.1. The molecule has 0 fully saturated rings. The first-order valence-corrected chi connectivity index (χ1v) is 6.64. The van der Waals surface area contributed by atoms with Crippen LogP contribution < -0.4 is 17.2 Å². The number of rotatable bonds is 9. The Morgan fingerprint density at radius 3 is 1.32 bits per heavy atom. The summed E-state index contributed by atoms with van der Waals surface area (Å²) in [7, 11) is 0. The lowest BCUT2D eigenvalue weighted by atomic mass is 10.2. The van der Waals surface area contributed by atoms with Crippen LogP contribution in [-0.2, 0) is 38.2 Å². The molecule has 0 aromatic rings. The van der Waals surface area contributed by atoms with Gasteiger partial charge in [-0.1, -0.05) is 0 Å². The van der Waals surface area contributed by atoms with Gasteiger partial charge >= 0.3 is 35.8 Å². The smallest absolute Gasteiger partial charge is 0.331 e. The van der Waals surface area contributed by atoms with Crippen LogP contribution in [0.25, 0.3) is 0 Å². The summed E-state index contributed by atoms with van der Waals surface area (Å²) in [4.78, 5) is 66.1. The molecular weight excluding hydrogens is 346 g/mol. The van der Waals surface area contributed by atoms with Crippen molar-refractivity contribution in [3.8, 4) is 0 Å². The van der Waals surface area contributed by atoms with Gasteiger partial charge in [-0.3, -0.25) is 24.0 Å². The lowest BCUT2D eigenvalue weighted by molar-refractivity contribution is -0.166. The number of hydrogen-bond donors (Lipinski definition) is 5. The average molecular weight is 363 g/mol. The number of carbonyl (C=O) groups excluding carboxylic acids is 4. The fourth-order valence-corrected chi connectivity index (χ4v) is 1.24. The van der Waals surface area contributed by atoms with Gasteiger partial charge in [0.15, 0.2) is 0 Å². The van der Waals surface area contributed by atoms with Gasteiger partial charge in [0.1, 0.15) is 18.1 Å². The van der Waals surface area contributed by atoms with Crippen molar-refractivity contribution in [2.24, 2.45) is 17.2 Å². The van der Waals surface area contributed by atoms with Crippen LogP contribution in [0.3, 0.4) is 0 Å². The molecule has 0 radical (unpaired) electrons. The molecule has 3 atom stereocenters. The van der Waals surface area contributed by atoms with Crippen molar-refractivity contribution in [3.05, 3.63) is 0 Å².